The highest BCUT2D eigenvalue weighted by Gasteiger charge is 2.05. The standard InChI is InChI=1S/C20H26N2O2/c1-22(2)19-11-9-18(10-12-19)20(23)21-14-6-15-24-16-13-17-7-4-3-5-8-17/h3-5,7-12H,6,13-16H2,1-2H3,(H,21,23). The molecule has 0 unspecified atom stereocenters. The first-order chi connectivity index (χ1) is 11.7. The van der Waals surface area contributed by atoms with E-state index in [1.807, 2.05) is 61.5 Å². The van der Waals surface area contributed by atoms with E-state index in [4.69, 9.17) is 4.74 Å². The van der Waals surface area contributed by atoms with Crippen LogP contribution in [-0.4, -0.2) is 39.8 Å². The van der Waals surface area contributed by atoms with Crippen molar-refractivity contribution in [3.8, 4) is 0 Å². The van der Waals surface area contributed by atoms with Crippen LogP contribution in [0.1, 0.15) is 22.3 Å². The number of hydrogen-bond acceptors (Lipinski definition) is 3. The zero-order chi connectivity index (χ0) is 17.2. The number of ether oxygens (including phenoxy) is 1. The van der Waals surface area contributed by atoms with E-state index in [9.17, 15) is 4.79 Å². The largest absolute Gasteiger partial charge is 0.381 e. The Balaban J connectivity index is 1.57. The van der Waals surface area contributed by atoms with Gasteiger partial charge in [0.2, 0.25) is 0 Å². The summed E-state index contributed by atoms with van der Waals surface area (Å²) in [6, 6.07) is 17.9. The minimum atomic E-state index is -0.0374. The molecule has 0 spiro atoms. The van der Waals surface area contributed by atoms with Gasteiger partial charge < -0.3 is 15.0 Å². The van der Waals surface area contributed by atoms with E-state index >= 15 is 0 Å². The van der Waals surface area contributed by atoms with Crippen LogP contribution in [0.2, 0.25) is 0 Å². The van der Waals surface area contributed by atoms with Crippen molar-refractivity contribution in [1.82, 2.24) is 5.32 Å². The number of nitrogens with one attached hydrogen (secondary N) is 1. The van der Waals surface area contributed by atoms with Crippen LogP contribution in [0.3, 0.4) is 0 Å². The second kappa shape index (κ2) is 9.73. The van der Waals surface area contributed by atoms with Crippen molar-refractivity contribution in [3.63, 3.8) is 0 Å². The summed E-state index contributed by atoms with van der Waals surface area (Å²) in [7, 11) is 3.96. The molecule has 0 heterocycles. The fourth-order valence-electron chi connectivity index (χ4n) is 2.33. The highest BCUT2D eigenvalue weighted by Crippen LogP contribution is 2.12. The van der Waals surface area contributed by atoms with Gasteiger partial charge in [-0.25, -0.2) is 0 Å². The molecule has 24 heavy (non-hydrogen) atoms. The van der Waals surface area contributed by atoms with Crippen LogP contribution in [0.4, 0.5) is 5.69 Å². The molecule has 0 aliphatic rings. The maximum atomic E-state index is 12.0. The van der Waals surface area contributed by atoms with Crippen molar-refractivity contribution >= 4 is 11.6 Å². The third-order valence-electron chi connectivity index (χ3n) is 3.77. The van der Waals surface area contributed by atoms with Gasteiger partial charge in [0.1, 0.15) is 0 Å². The predicted molar refractivity (Wildman–Crippen MR) is 98.7 cm³/mol. The van der Waals surface area contributed by atoms with Crippen LogP contribution in [0.5, 0.6) is 0 Å². The van der Waals surface area contributed by atoms with E-state index in [1.165, 1.54) is 5.56 Å². The lowest BCUT2D eigenvalue weighted by atomic mass is 10.2. The molecule has 2 aromatic rings. The molecule has 0 aromatic heterocycles. The monoisotopic (exact) mass is 326 g/mol. The number of carbonyl (C=O) groups is 1. The van der Waals surface area contributed by atoms with Crippen molar-refractivity contribution < 1.29 is 9.53 Å². The lowest BCUT2D eigenvalue weighted by molar-refractivity contribution is 0.0942. The third-order valence-corrected chi connectivity index (χ3v) is 3.77. The molecule has 0 atom stereocenters. The van der Waals surface area contributed by atoms with Crippen LogP contribution in [-0.2, 0) is 11.2 Å². The van der Waals surface area contributed by atoms with Gasteiger partial charge in [0.05, 0.1) is 6.61 Å². The summed E-state index contributed by atoms with van der Waals surface area (Å²) in [4.78, 5) is 14.0. The van der Waals surface area contributed by atoms with Gasteiger partial charge in [-0.15, -0.1) is 0 Å². The zero-order valence-electron chi connectivity index (χ0n) is 14.5. The van der Waals surface area contributed by atoms with E-state index in [0.29, 0.717) is 25.3 Å². The van der Waals surface area contributed by atoms with Gasteiger partial charge in [0.15, 0.2) is 0 Å². The Morgan fingerprint density at radius 1 is 1.00 bits per heavy atom. The van der Waals surface area contributed by atoms with E-state index in [1.54, 1.807) is 0 Å². The third kappa shape index (κ3) is 6.05. The molecule has 0 saturated heterocycles. The van der Waals surface area contributed by atoms with Crippen molar-refractivity contribution in [2.45, 2.75) is 12.8 Å². The quantitative estimate of drug-likeness (QED) is 0.720. The molecule has 2 aromatic carbocycles. The summed E-state index contributed by atoms with van der Waals surface area (Å²) in [6.07, 6.45) is 1.74. The van der Waals surface area contributed by atoms with Gasteiger partial charge in [-0.1, -0.05) is 30.3 Å². The molecule has 0 radical (unpaired) electrons. The highest BCUT2D eigenvalue weighted by molar-refractivity contribution is 5.94. The minimum absolute atomic E-state index is 0.0374. The normalized spacial score (nSPS) is 10.4. The Labute approximate surface area is 144 Å². The molecule has 128 valence electrons. The van der Waals surface area contributed by atoms with Crippen LogP contribution in [0.15, 0.2) is 54.6 Å². The fraction of sp³-hybridized carbons (Fsp3) is 0.350. The number of benzene rings is 2. The number of carbonyl (C=O) groups excluding carboxylic acids is 1. The topological polar surface area (TPSA) is 41.6 Å². The molecule has 1 N–H and O–H groups in total. The second-order valence-corrected chi connectivity index (χ2v) is 5.90. The number of anilines is 1. The van der Waals surface area contributed by atoms with Crippen molar-refractivity contribution in [2.24, 2.45) is 0 Å². The lowest BCUT2D eigenvalue weighted by Gasteiger charge is -2.12. The first kappa shape index (κ1) is 18.0. The smallest absolute Gasteiger partial charge is 0.251 e. The predicted octanol–water partition coefficient (Wildman–Crippen LogP) is 3.13. The van der Waals surface area contributed by atoms with Gasteiger partial charge in [0, 0.05) is 38.5 Å². The van der Waals surface area contributed by atoms with Crippen LogP contribution >= 0.6 is 0 Å². The molecule has 2 rings (SSSR count). The van der Waals surface area contributed by atoms with Crippen LogP contribution < -0.4 is 10.2 Å². The summed E-state index contributed by atoms with van der Waals surface area (Å²) >= 11 is 0. The van der Waals surface area contributed by atoms with Crippen LogP contribution in [0, 0.1) is 0 Å². The van der Waals surface area contributed by atoms with Crippen molar-refractivity contribution in [2.75, 3.05) is 38.8 Å². The van der Waals surface area contributed by atoms with E-state index < -0.39 is 0 Å². The molecule has 0 bridgehead atoms. The summed E-state index contributed by atoms with van der Waals surface area (Å²) in [6.45, 7) is 2.00. The minimum Gasteiger partial charge on any atom is -0.381 e. The van der Waals surface area contributed by atoms with E-state index in [2.05, 4.69) is 17.4 Å². The number of rotatable bonds is 9. The summed E-state index contributed by atoms with van der Waals surface area (Å²) in [5.74, 6) is -0.0374. The van der Waals surface area contributed by atoms with Gasteiger partial charge >= 0.3 is 0 Å². The Hall–Kier alpha value is -2.33. The molecule has 0 saturated carbocycles. The summed E-state index contributed by atoms with van der Waals surface area (Å²) < 4.78 is 5.61. The number of amides is 1. The van der Waals surface area contributed by atoms with E-state index in [0.717, 1.165) is 18.5 Å². The molecule has 0 aliphatic heterocycles. The van der Waals surface area contributed by atoms with Gasteiger partial charge in [-0.2, -0.15) is 0 Å². The Kier molecular flexibility index (Phi) is 7.30. The SMILES string of the molecule is CN(C)c1ccc(C(=O)NCCCOCCc2ccccc2)cc1. The van der Waals surface area contributed by atoms with Crippen LogP contribution in [0.25, 0.3) is 0 Å². The Morgan fingerprint density at radius 3 is 2.38 bits per heavy atom. The average molecular weight is 326 g/mol. The molecular formula is C20H26N2O2. The highest BCUT2D eigenvalue weighted by atomic mass is 16.5. The molecule has 1 amide bonds. The van der Waals surface area contributed by atoms with Gasteiger partial charge in [0.25, 0.3) is 5.91 Å². The fourth-order valence-corrected chi connectivity index (χ4v) is 2.33. The van der Waals surface area contributed by atoms with Crippen molar-refractivity contribution in [1.29, 1.82) is 0 Å². The Morgan fingerprint density at radius 2 is 1.71 bits per heavy atom. The lowest BCUT2D eigenvalue weighted by Crippen LogP contribution is -2.25. The maximum absolute atomic E-state index is 12.0. The first-order valence-electron chi connectivity index (χ1n) is 8.34. The van der Waals surface area contributed by atoms with Crippen molar-refractivity contribution in [3.05, 3.63) is 65.7 Å². The van der Waals surface area contributed by atoms with Gasteiger partial charge in [-0.3, -0.25) is 4.79 Å². The summed E-state index contributed by atoms with van der Waals surface area (Å²) in [5, 5.41) is 2.92. The number of nitrogens with zero attached hydrogens (tertiary/aromatic N) is 1. The molecule has 4 nitrogen and oxygen atoms in total. The number of hydrogen-bond donors (Lipinski definition) is 1. The Bertz CT molecular complexity index is 609. The molecule has 0 aliphatic carbocycles. The molecular weight excluding hydrogens is 300 g/mol. The maximum Gasteiger partial charge on any atom is 0.251 e. The van der Waals surface area contributed by atoms with Gasteiger partial charge in [-0.05, 0) is 42.7 Å². The second-order valence-electron chi connectivity index (χ2n) is 5.90. The average Bonchev–Trinajstić information content (AvgIpc) is 2.61. The molecule has 4 heteroatoms. The van der Waals surface area contributed by atoms with E-state index in [-0.39, 0.29) is 5.91 Å². The zero-order valence-corrected chi connectivity index (χ0v) is 14.5. The first-order valence-corrected chi connectivity index (χ1v) is 8.34. The summed E-state index contributed by atoms with van der Waals surface area (Å²) in [5.41, 5.74) is 3.05. The molecule has 0 fully saturated rings.